The molecule has 0 saturated carbocycles. The monoisotopic (exact) mass is 211 g/mol. The van der Waals surface area contributed by atoms with Crippen molar-refractivity contribution in [3.05, 3.63) is 33.4 Å². The number of nitro groups is 1. The number of nitrogens with zero attached hydrogens (tertiary/aromatic N) is 1. The van der Waals surface area contributed by atoms with E-state index in [9.17, 15) is 27.7 Å². The average Bonchev–Trinajstić information content (AvgIpc) is 2.11. The second kappa shape index (κ2) is 3.39. The van der Waals surface area contributed by atoms with E-state index in [4.69, 9.17) is 0 Å². The molecule has 2 unspecified atom stereocenters. The summed E-state index contributed by atoms with van der Waals surface area (Å²) in [6.45, 7) is 0.911. The van der Waals surface area contributed by atoms with Crippen LogP contribution in [0.15, 0.2) is 23.3 Å². The zero-order chi connectivity index (χ0) is 11.0. The molecule has 78 valence electrons. The minimum absolute atomic E-state index is 0.911. The third-order valence-electron chi connectivity index (χ3n) is 1.97. The molecule has 0 aromatic rings. The first-order chi connectivity index (χ1) is 6.37. The smallest absolute Gasteiger partial charge is 0.264 e. The predicted molar refractivity (Wildman–Crippen MR) is 38.4 cm³/mol. The van der Waals surface area contributed by atoms with E-state index < -0.39 is 40.2 Å². The van der Waals surface area contributed by atoms with E-state index in [1.807, 2.05) is 0 Å². The predicted octanol–water partition coefficient (Wildman–Crippen LogP) is 2.58. The fraction of sp³-hybridized carbons (Fsp3) is 0.429. The van der Waals surface area contributed by atoms with Gasteiger partial charge in [-0.15, -0.1) is 0 Å². The van der Waals surface area contributed by atoms with E-state index in [1.165, 1.54) is 0 Å². The van der Waals surface area contributed by atoms with Gasteiger partial charge in [0, 0.05) is 4.92 Å². The normalized spacial score (nSPS) is 28.4. The average molecular weight is 211 g/mol. The zero-order valence-electron chi connectivity index (χ0n) is 6.93. The Labute approximate surface area is 75.9 Å². The summed E-state index contributed by atoms with van der Waals surface area (Å²) in [5.41, 5.74) is 0. The van der Waals surface area contributed by atoms with Crippen molar-refractivity contribution in [3.8, 4) is 0 Å². The fourth-order valence-corrected chi connectivity index (χ4v) is 1.17. The Balaban J connectivity index is 3.25. The van der Waals surface area contributed by atoms with Crippen LogP contribution in [0, 0.1) is 16.0 Å². The van der Waals surface area contributed by atoms with Crippen molar-refractivity contribution in [3.63, 3.8) is 0 Å². The van der Waals surface area contributed by atoms with Crippen molar-refractivity contribution in [2.45, 2.75) is 13.0 Å². The fourth-order valence-electron chi connectivity index (χ4n) is 1.17. The summed E-state index contributed by atoms with van der Waals surface area (Å²) in [6.07, 6.45) is 0. The lowest BCUT2D eigenvalue weighted by Gasteiger charge is -2.18. The summed E-state index contributed by atoms with van der Waals surface area (Å²) >= 11 is 0. The van der Waals surface area contributed by atoms with Crippen LogP contribution in [0.1, 0.15) is 6.92 Å². The van der Waals surface area contributed by atoms with Crippen LogP contribution in [0.25, 0.3) is 0 Å². The summed E-state index contributed by atoms with van der Waals surface area (Å²) in [5, 5.41) is 10.2. The van der Waals surface area contributed by atoms with Gasteiger partial charge < -0.3 is 0 Å². The second-order valence-corrected chi connectivity index (χ2v) is 2.84. The Kier molecular flexibility index (Phi) is 2.59. The van der Waals surface area contributed by atoms with Crippen LogP contribution in [0.4, 0.5) is 17.6 Å². The lowest BCUT2D eigenvalue weighted by Crippen LogP contribution is -2.32. The number of halogens is 4. The highest BCUT2D eigenvalue weighted by Gasteiger charge is 2.44. The summed E-state index contributed by atoms with van der Waals surface area (Å²) in [7, 11) is 0. The molecule has 3 nitrogen and oxygen atoms in total. The molecule has 1 aliphatic rings. The SMILES string of the molecule is CC1C(F)=C(F)C(F)=C(F)C1[N+](=O)[O-]. The third kappa shape index (κ3) is 1.38. The summed E-state index contributed by atoms with van der Waals surface area (Å²) in [5.74, 6) is -9.26. The van der Waals surface area contributed by atoms with Gasteiger partial charge in [-0.1, -0.05) is 0 Å². The van der Waals surface area contributed by atoms with Crippen LogP contribution < -0.4 is 0 Å². The lowest BCUT2D eigenvalue weighted by atomic mass is 9.94. The highest BCUT2D eigenvalue weighted by atomic mass is 19.2. The number of hydrogen-bond acceptors (Lipinski definition) is 2. The summed E-state index contributed by atoms with van der Waals surface area (Å²) in [4.78, 5) is 9.04. The van der Waals surface area contributed by atoms with E-state index in [-0.39, 0.29) is 0 Å². The van der Waals surface area contributed by atoms with Crippen molar-refractivity contribution in [1.29, 1.82) is 0 Å². The maximum absolute atomic E-state index is 12.8. The lowest BCUT2D eigenvalue weighted by molar-refractivity contribution is -0.523. The van der Waals surface area contributed by atoms with Gasteiger partial charge in [-0.25, -0.2) is 17.6 Å². The van der Waals surface area contributed by atoms with E-state index in [0.29, 0.717) is 0 Å². The first kappa shape index (κ1) is 10.7. The molecule has 0 amide bonds. The molecule has 7 heteroatoms. The van der Waals surface area contributed by atoms with Crippen LogP contribution in [0.5, 0.6) is 0 Å². The van der Waals surface area contributed by atoms with Gasteiger partial charge in [0.1, 0.15) is 5.83 Å². The molecule has 0 bridgehead atoms. The van der Waals surface area contributed by atoms with Gasteiger partial charge >= 0.3 is 0 Å². The van der Waals surface area contributed by atoms with E-state index in [1.54, 1.807) is 0 Å². The van der Waals surface area contributed by atoms with Gasteiger partial charge in [-0.2, -0.15) is 0 Å². The topological polar surface area (TPSA) is 43.1 Å². The summed E-state index contributed by atoms with van der Waals surface area (Å²) in [6, 6.07) is -2.19. The second-order valence-electron chi connectivity index (χ2n) is 2.84. The molecule has 0 spiro atoms. The van der Waals surface area contributed by atoms with Crippen LogP contribution in [-0.4, -0.2) is 11.0 Å². The van der Waals surface area contributed by atoms with Gasteiger partial charge in [-0.05, 0) is 6.92 Å². The van der Waals surface area contributed by atoms with Crippen molar-refractivity contribution < 1.29 is 22.5 Å². The molecule has 2 atom stereocenters. The molecule has 1 rings (SSSR count). The Morgan fingerprint density at radius 3 is 2.00 bits per heavy atom. The number of allylic oxidation sites excluding steroid dienone is 2. The van der Waals surface area contributed by atoms with Crippen LogP contribution in [-0.2, 0) is 0 Å². The largest absolute Gasteiger partial charge is 0.275 e. The standard InChI is InChI=1S/C7H5F4NO2/c1-2-3(8)4(9)5(10)6(11)7(2)12(13)14/h2,7H,1H3. The highest BCUT2D eigenvalue weighted by Crippen LogP contribution is 2.38. The van der Waals surface area contributed by atoms with Crippen LogP contribution >= 0.6 is 0 Å². The van der Waals surface area contributed by atoms with Crippen LogP contribution in [0.3, 0.4) is 0 Å². The Bertz CT molecular complexity index is 350. The van der Waals surface area contributed by atoms with E-state index in [0.717, 1.165) is 6.92 Å². The highest BCUT2D eigenvalue weighted by molar-refractivity contribution is 5.33. The molecule has 0 saturated heterocycles. The molecule has 14 heavy (non-hydrogen) atoms. The molecule has 1 aliphatic carbocycles. The molecule has 0 aliphatic heterocycles. The van der Waals surface area contributed by atoms with Crippen molar-refractivity contribution in [2.24, 2.45) is 5.92 Å². The quantitative estimate of drug-likeness (QED) is 0.380. The van der Waals surface area contributed by atoms with Gasteiger partial charge in [0.15, 0.2) is 11.7 Å². The first-order valence-corrected chi connectivity index (χ1v) is 3.62. The van der Waals surface area contributed by atoms with Crippen molar-refractivity contribution in [1.82, 2.24) is 0 Å². The molecular weight excluding hydrogens is 206 g/mol. The number of hydrogen-bond donors (Lipinski definition) is 0. The minimum atomic E-state index is -2.19. The molecule has 0 N–H and O–H groups in total. The molecule has 0 fully saturated rings. The van der Waals surface area contributed by atoms with Crippen molar-refractivity contribution in [2.75, 3.05) is 0 Å². The molecule has 0 aromatic carbocycles. The third-order valence-corrected chi connectivity index (χ3v) is 1.97. The van der Waals surface area contributed by atoms with E-state index in [2.05, 4.69) is 0 Å². The molecule has 0 radical (unpaired) electrons. The van der Waals surface area contributed by atoms with E-state index >= 15 is 0 Å². The molecule has 0 heterocycles. The molecule has 0 aromatic heterocycles. The van der Waals surface area contributed by atoms with Gasteiger partial charge in [0.25, 0.3) is 6.04 Å². The van der Waals surface area contributed by atoms with Gasteiger partial charge in [0.2, 0.25) is 5.83 Å². The Morgan fingerprint density at radius 1 is 1.14 bits per heavy atom. The number of rotatable bonds is 1. The maximum atomic E-state index is 12.8. The van der Waals surface area contributed by atoms with Crippen LogP contribution in [0.2, 0.25) is 0 Å². The minimum Gasteiger partial charge on any atom is -0.264 e. The van der Waals surface area contributed by atoms with Gasteiger partial charge in [-0.3, -0.25) is 10.1 Å². The zero-order valence-corrected chi connectivity index (χ0v) is 6.93. The van der Waals surface area contributed by atoms with Gasteiger partial charge in [0.05, 0.1) is 5.92 Å². The Morgan fingerprint density at radius 2 is 1.57 bits per heavy atom. The first-order valence-electron chi connectivity index (χ1n) is 3.62. The maximum Gasteiger partial charge on any atom is 0.275 e. The summed E-state index contributed by atoms with van der Waals surface area (Å²) < 4.78 is 50.6. The van der Waals surface area contributed by atoms with Crippen molar-refractivity contribution >= 4 is 0 Å². The Hall–Kier alpha value is -1.40. The molecular formula is C7H5F4NO2.